The Balaban J connectivity index is 0.000000300. The maximum absolute atomic E-state index is 11.6. The molecule has 1 fully saturated rings. The summed E-state index contributed by atoms with van der Waals surface area (Å²) >= 11 is 0. The van der Waals surface area contributed by atoms with Crippen molar-refractivity contribution in [1.82, 2.24) is 0 Å². The van der Waals surface area contributed by atoms with Crippen LogP contribution in [0, 0.1) is 17.8 Å². The fraction of sp³-hybridized carbons (Fsp3) is 0.500. The summed E-state index contributed by atoms with van der Waals surface area (Å²) in [6.07, 6.45) is 5.35. The van der Waals surface area contributed by atoms with E-state index in [0.717, 1.165) is 6.42 Å². The molecule has 2 heteroatoms. The number of hydrogen-bond donors (Lipinski definition) is 0. The highest BCUT2D eigenvalue weighted by molar-refractivity contribution is 5.87. The number of benzene rings is 1. The molecule has 1 aromatic carbocycles. The van der Waals surface area contributed by atoms with Crippen LogP contribution in [0.1, 0.15) is 52.5 Å². The van der Waals surface area contributed by atoms with E-state index in [-0.39, 0.29) is 12.1 Å². The maximum Gasteiger partial charge on any atom is 0.333 e. The van der Waals surface area contributed by atoms with Gasteiger partial charge in [0.05, 0.1) is 0 Å². The van der Waals surface area contributed by atoms with Gasteiger partial charge in [-0.15, -0.1) is 0 Å². The van der Waals surface area contributed by atoms with Crippen molar-refractivity contribution in [2.45, 2.75) is 53.1 Å². The van der Waals surface area contributed by atoms with Gasteiger partial charge in [-0.2, -0.15) is 0 Å². The number of hydrogen-bond acceptors (Lipinski definition) is 2. The minimum atomic E-state index is -0.232. The van der Waals surface area contributed by atoms with Gasteiger partial charge in [-0.3, -0.25) is 0 Å². The van der Waals surface area contributed by atoms with Crippen molar-refractivity contribution in [3.63, 3.8) is 0 Å². The van der Waals surface area contributed by atoms with E-state index in [1.165, 1.54) is 18.4 Å². The van der Waals surface area contributed by atoms with Crippen LogP contribution in [-0.2, 0) is 9.53 Å². The normalized spacial score (nSPS) is 23.0. The molecule has 1 aliphatic rings. The first-order chi connectivity index (χ1) is 11.3. The Labute approximate surface area is 147 Å². The van der Waals surface area contributed by atoms with E-state index in [4.69, 9.17) is 4.74 Å². The molecular weight excluding hydrogens is 296 g/mol. The highest BCUT2D eigenvalue weighted by atomic mass is 16.5. The molecule has 0 saturated heterocycles. The molecule has 0 spiro atoms. The van der Waals surface area contributed by atoms with E-state index >= 15 is 0 Å². The van der Waals surface area contributed by atoms with Gasteiger partial charge in [0.2, 0.25) is 0 Å². The Hall–Kier alpha value is -1.83. The zero-order valence-electron chi connectivity index (χ0n) is 15.6. The Morgan fingerprint density at radius 3 is 2.33 bits per heavy atom. The molecule has 24 heavy (non-hydrogen) atoms. The smallest absolute Gasteiger partial charge is 0.333 e. The van der Waals surface area contributed by atoms with Gasteiger partial charge in [-0.25, -0.2) is 4.79 Å². The van der Waals surface area contributed by atoms with Gasteiger partial charge in [-0.05, 0) is 43.1 Å². The van der Waals surface area contributed by atoms with Crippen LogP contribution in [0.5, 0.6) is 0 Å². The van der Waals surface area contributed by atoms with Crippen molar-refractivity contribution in [3.8, 4) is 0 Å². The third kappa shape index (κ3) is 6.74. The standard InChI is InChI=1S/C14H24O2.C8H8/c1-9(2)12-7-6-11(5)8-13(12)16-14(15)10(3)4;1-2-8-6-4-3-5-7-8/h9,11-13H,3,6-8H2,1-2,4-5H3;2-7H,1H2. The second-order valence-electron chi connectivity index (χ2n) is 7.16. The van der Waals surface area contributed by atoms with Crippen LogP contribution in [0.3, 0.4) is 0 Å². The van der Waals surface area contributed by atoms with Crippen LogP contribution in [-0.4, -0.2) is 12.1 Å². The van der Waals surface area contributed by atoms with Crippen molar-refractivity contribution in [2.75, 3.05) is 0 Å². The highest BCUT2D eigenvalue weighted by Crippen LogP contribution is 2.35. The van der Waals surface area contributed by atoms with Crippen LogP contribution in [0.25, 0.3) is 6.08 Å². The summed E-state index contributed by atoms with van der Waals surface area (Å²) in [7, 11) is 0. The minimum absolute atomic E-state index is 0.0907. The Kier molecular flexibility index (Phi) is 8.53. The van der Waals surface area contributed by atoms with Crippen LogP contribution in [0.15, 0.2) is 49.1 Å². The van der Waals surface area contributed by atoms with Crippen LogP contribution in [0.4, 0.5) is 0 Å². The fourth-order valence-electron chi connectivity index (χ4n) is 3.08. The average molecular weight is 328 g/mol. The molecular formula is C22H32O2. The second kappa shape index (κ2) is 10.1. The molecule has 0 amide bonds. The number of esters is 1. The van der Waals surface area contributed by atoms with Crippen molar-refractivity contribution in [2.24, 2.45) is 17.8 Å². The lowest BCUT2D eigenvalue weighted by atomic mass is 9.75. The highest BCUT2D eigenvalue weighted by Gasteiger charge is 2.33. The Morgan fingerprint density at radius 1 is 1.25 bits per heavy atom. The van der Waals surface area contributed by atoms with Crippen molar-refractivity contribution in [3.05, 3.63) is 54.6 Å². The predicted octanol–water partition coefficient (Wildman–Crippen LogP) is 5.90. The first kappa shape index (κ1) is 20.2. The largest absolute Gasteiger partial charge is 0.459 e. The number of carbonyl (C=O) groups is 1. The summed E-state index contributed by atoms with van der Waals surface area (Å²) in [6.45, 7) is 15.6. The summed E-state index contributed by atoms with van der Waals surface area (Å²) in [5, 5.41) is 0. The first-order valence-corrected chi connectivity index (χ1v) is 8.89. The number of rotatable bonds is 4. The second-order valence-corrected chi connectivity index (χ2v) is 7.16. The molecule has 1 saturated carbocycles. The number of carbonyl (C=O) groups excluding carboxylic acids is 1. The molecule has 0 aliphatic heterocycles. The van der Waals surface area contributed by atoms with Crippen molar-refractivity contribution < 1.29 is 9.53 Å². The van der Waals surface area contributed by atoms with Crippen LogP contribution in [0.2, 0.25) is 0 Å². The van der Waals surface area contributed by atoms with Gasteiger partial charge < -0.3 is 4.74 Å². The number of ether oxygens (including phenoxy) is 1. The van der Waals surface area contributed by atoms with E-state index in [0.29, 0.717) is 23.3 Å². The summed E-state index contributed by atoms with van der Waals surface area (Å²) in [4.78, 5) is 11.6. The topological polar surface area (TPSA) is 26.3 Å². The van der Waals surface area contributed by atoms with Gasteiger partial charge in [0.1, 0.15) is 6.10 Å². The van der Waals surface area contributed by atoms with E-state index in [1.807, 2.05) is 36.4 Å². The monoisotopic (exact) mass is 328 g/mol. The van der Waals surface area contributed by atoms with Gasteiger partial charge in [0, 0.05) is 5.57 Å². The molecule has 0 heterocycles. The lowest BCUT2D eigenvalue weighted by molar-refractivity contribution is -0.150. The SMILES string of the molecule is C=C(C)C(=O)OC1CC(C)CCC1C(C)C.C=Cc1ccccc1. The van der Waals surface area contributed by atoms with E-state index in [9.17, 15) is 4.79 Å². The zero-order valence-corrected chi connectivity index (χ0v) is 15.6. The summed E-state index contributed by atoms with van der Waals surface area (Å²) < 4.78 is 5.56. The summed E-state index contributed by atoms with van der Waals surface area (Å²) in [6, 6.07) is 10.0. The van der Waals surface area contributed by atoms with Crippen LogP contribution >= 0.6 is 0 Å². The molecule has 0 N–H and O–H groups in total. The van der Waals surface area contributed by atoms with E-state index in [1.54, 1.807) is 6.92 Å². The quantitative estimate of drug-likeness (QED) is 0.508. The molecule has 3 atom stereocenters. The van der Waals surface area contributed by atoms with Gasteiger partial charge >= 0.3 is 5.97 Å². The van der Waals surface area contributed by atoms with Crippen molar-refractivity contribution in [1.29, 1.82) is 0 Å². The molecule has 3 unspecified atom stereocenters. The van der Waals surface area contributed by atoms with Crippen molar-refractivity contribution >= 4 is 12.0 Å². The molecule has 2 nitrogen and oxygen atoms in total. The predicted molar refractivity (Wildman–Crippen MR) is 103 cm³/mol. The molecule has 0 aromatic heterocycles. The molecule has 2 rings (SSSR count). The van der Waals surface area contributed by atoms with Gasteiger partial charge in [0.25, 0.3) is 0 Å². The average Bonchev–Trinajstić information content (AvgIpc) is 2.55. The van der Waals surface area contributed by atoms with E-state index in [2.05, 4.69) is 33.9 Å². The Morgan fingerprint density at radius 2 is 1.88 bits per heavy atom. The lowest BCUT2D eigenvalue weighted by Crippen LogP contribution is -2.35. The molecule has 1 aliphatic carbocycles. The Bertz CT molecular complexity index is 530. The third-order valence-electron chi connectivity index (χ3n) is 4.60. The summed E-state index contributed by atoms with van der Waals surface area (Å²) in [5.41, 5.74) is 1.67. The van der Waals surface area contributed by atoms with E-state index < -0.39 is 0 Å². The molecule has 1 aromatic rings. The minimum Gasteiger partial charge on any atom is -0.459 e. The third-order valence-corrected chi connectivity index (χ3v) is 4.60. The molecule has 0 radical (unpaired) electrons. The first-order valence-electron chi connectivity index (χ1n) is 8.89. The van der Waals surface area contributed by atoms with Gasteiger partial charge in [0.15, 0.2) is 0 Å². The van der Waals surface area contributed by atoms with Gasteiger partial charge in [-0.1, -0.05) is 76.8 Å². The fourth-order valence-corrected chi connectivity index (χ4v) is 3.08. The lowest BCUT2D eigenvalue weighted by Gasteiger charge is -2.36. The molecule has 0 bridgehead atoms. The maximum atomic E-state index is 11.6. The summed E-state index contributed by atoms with van der Waals surface area (Å²) in [5.74, 6) is 1.53. The molecule has 132 valence electrons. The zero-order chi connectivity index (χ0) is 18.1. The van der Waals surface area contributed by atoms with Crippen LogP contribution < -0.4 is 0 Å².